The maximum Gasteiger partial charge on any atom is 0.326 e. The number of hydrogen-bond acceptors (Lipinski definition) is 8. The molecule has 0 aromatic carbocycles. The van der Waals surface area contributed by atoms with Gasteiger partial charge in [0.15, 0.2) is 6.61 Å². The number of ether oxygens (including phenoxy) is 1. The third kappa shape index (κ3) is 3.77. The van der Waals surface area contributed by atoms with Crippen LogP contribution in [-0.4, -0.2) is 20.7 Å². The van der Waals surface area contributed by atoms with Crippen molar-refractivity contribution in [2.24, 2.45) is 0 Å². The van der Waals surface area contributed by atoms with Gasteiger partial charge in [-0.1, -0.05) is 11.3 Å². The van der Waals surface area contributed by atoms with Crippen molar-refractivity contribution in [2.75, 3.05) is 0 Å². The molecule has 0 saturated carbocycles. The smallest absolute Gasteiger partial charge is 0.326 e. The molecule has 0 spiro atoms. The van der Waals surface area contributed by atoms with Crippen LogP contribution in [0, 0.1) is 6.92 Å². The van der Waals surface area contributed by atoms with Crippen molar-refractivity contribution < 1.29 is 13.9 Å². The van der Waals surface area contributed by atoms with Gasteiger partial charge in [0, 0.05) is 11.1 Å². The molecule has 7 nitrogen and oxygen atoms in total. The zero-order valence-electron chi connectivity index (χ0n) is 11.8. The van der Waals surface area contributed by atoms with Gasteiger partial charge in [0.1, 0.15) is 6.54 Å². The van der Waals surface area contributed by atoms with Gasteiger partial charge >= 0.3 is 10.8 Å². The van der Waals surface area contributed by atoms with E-state index in [2.05, 4.69) is 26.1 Å². The number of carbonyl (C=O) groups excluding carboxylic acids is 1. The summed E-state index contributed by atoms with van der Waals surface area (Å²) in [5.41, 5.74) is 0.722. The fourth-order valence-corrected chi connectivity index (χ4v) is 3.80. The third-order valence-electron chi connectivity index (χ3n) is 2.87. The molecule has 0 radical (unpaired) electrons. The van der Waals surface area contributed by atoms with Crippen LogP contribution in [0.5, 0.6) is 0 Å². The number of rotatable bonds is 5. The van der Waals surface area contributed by atoms with Gasteiger partial charge in [-0.25, -0.2) is 0 Å². The number of aromatic nitrogens is 3. The maximum absolute atomic E-state index is 11.8. The van der Waals surface area contributed by atoms with E-state index < -0.39 is 5.97 Å². The van der Waals surface area contributed by atoms with Crippen molar-refractivity contribution in [3.63, 3.8) is 0 Å². The van der Waals surface area contributed by atoms with Crippen LogP contribution in [0.15, 0.2) is 30.5 Å². The molecular weight excluding hydrogens is 406 g/mol. The average molecular weight is 416 g/mol. The first-order valence-electron chi connectivity index (χ1n) is 6.41. The number of carbonyl (C=O) groups is 1. The molecule has 0 aliphatic carbocycles. The van der Waals surface area contributed by atoms with Crippen LogP contribution in [0.2, 0.25) is 0 Å². The summed E-state index contributed by atoms with van der Waals surface area (Å²) in [6.45, 7) is 1.50. The zero-order valence-corrected chi connectivity index (χ0v) is 15.0. The Labute approximate surface area is 146 Å². The fraction of sp³-hybridized carbons (Fsp3) is 0.231. The van der Waals surface area contributed by atoms with Gasteiger partial charge in [-0.2, -0.15) is 0 Å². The largest absolute Gasteiger partial charge is 0.454 e. The molecule has 0 aliphatic heterocycles. The molecule has 0 atom stereocenters. The molecule has 3 heterocycles. The molecule has 0 unspecified atom stereocenters. The highest BCUT2D eigenvalue weighted by Gasteiger charge is 2.14. The van der Waals surface area contributed by atoms with E-state index in [1.807, 2.05) is 12.1 Å². The topological polar surface area (TPSA) is 87.2 Å². The van der Waals surface area contributed by atoms with E-state index in [1.165, 1.54) is 15.9 Å². The summed E-state index contributed by atoms with van der Waals surface area (Å²) in [6.07, 6.45) is 0. The van der Waals surface area contributed by atoms with Gasteiger partial charge < -0.3 is 9.15 Å². The second kappa shape index (κ2) is 6.77. The molecule has 120 valence electrons. The van der Waals surface area contributed by atoms with Crippen LogP contribution in [-0.2, 0) is 22.7 Å². The van der Waals surface area contributed by atoms with Crippen molar-refractivity contribution in [3.8, 4) is 10.8 Å². The Morgan fingerprint density at radius 2 is 2.26 bits per heavy atom. The molecule has 10 heteroatoms. The van der Waals surface area contributed by atoms with E-state index in [1.54, 1.807) is 12.3 Å². The highest BCUT2D eigenvalue weighted by molar-refractivity contribution is 9.11. The Bertz CT molecular complexity index is 895. The first-order valence-corrected chi connectivity index (χ1v) is 8.90. The molecule has 3 aromatic heterocycles. The number of thiazole rings is 1. The van der Waals surface area contributed by atoms with Crippen LogP contribution in [0.1, 0.15) is 11.6 Å². The van der Waals surface area contributed by atoms with Gasteiger partial charge in [0.25, 0.3) is 11.8 Å². The Kier molecular flexibility index (Phi) is 4.74. The number of nitrogens with zero attached hydrogens (tertiary/aromatic N) is 3. The molecule has 0 N–H and O–H groups in total. The normalized spacial score (nSPS) is 10.9. The number of hydrogen-bond donors (Lipinski definition) is 0. The van der Waals surface area contributed by atoms with E-state index >= 15 is 0 Å². The lowest BCUT2D eigenvalue weighted by molar-refractivity contribution is -0.146. The summed E-state index contributed by atoms with van der Waals surface area (Å²) >= 11 is 5.86. The molecule has 0 fully saturated rings. The lowest BCUT2D eigenvalue weighted by atomic mass is 10.5. The standard InChI is InChI=1S/C13H10BrN3O4S2/c1-7-6-22-13(19)17(7)4-11(18)20-5-10-15-16-12(21-10)8-2-3-9(14)23-8/h2-3,6H,4-5H2,1H3. The second-order valence-corrected chi connectivity index (χ2v) is 7.78. The molecule has 0 amide bonds. The minimum absolute atomic E-state index is 0.129. The molecule has 3 rings (SSSR count). The lowest BCUT2D eigenvalue weighted by Gasteiger charge is -2.04. The Morgan fingerprint density at radius 3 is 2.91 bits per heavy atom. The minimum Gasteiger partial charge on any atom is -0.454 e. The van der Waals surface area contributed by atoms with Crippen LogP contribution in [0.25, 0.3) is 10.8 Å². The Morgan fingerprint density at radius 1 is 1.43 bits per heavy atom. The highest BCUT2D eigenvalue weighted by Crippen LogP contribution is 2.30. The Balaban J connectivity index is 1.59. The van der Waals surface area contributed by atoms with E-state index in [0.717, 1.165) is 25.7 Å². The van der Waals surface area contributed by atoms with Gasteiger partial charge in [-0.05, 0) is 35.0 Å². The summed E-state index contributed by atoms with van der Waals surface area (Å²) < 4.78 is 12.8. The minimum atomic E-state index is -0.535. The monoisotopic (exact) mass is 415 g/mol. The number of esters is 1. The van der Waals surface area contributed by atoms with Crippen LogP contribution < -0.4 is 4.87 Å². The molecule has 0 saturated heterocycles. The van der Waals surface area contributed by atoms with Crippen molar-refractivity contribution >= 4 is 44.6 Å². The summed E-state index contributed by atoms with van der Waals surface area (Å²) in [5, 5.41) is 9.44. The zero-order chi connectivity index (χ0) is 16.4. The quantitative estimate of drug-likeness (QED) is 0.595. The number of aryl methyl sites for hydroxylation is 1. The van der Waals surface area contributed by atoms with Crippen LogP contribution in [0.3, 0.4) is 0 Å². The van der Waals surface area contributed by atoms with Gasteiger partial charge in [-0.15, -0.1) is 21.5 Å². The van der Waals surface area contributed by atoms with Crippen LogP contribution in [0.4, 0.5) is 0 Å². The average Bonchev–Trinajstić information content (AvgIpc) is 3.22. The summed E-state index contributed by atoms with van der Waals surface area (Å²) in [5.74, 6) is 0.0381. The van der Waals surface area contributed by atoms with Gasteiger partial charge in [0.2, 0.25) is 0 Å². The fourth-order valence-electron chi connectivity index (χ4n) is 1.75. The van der Waals surface area contributed by atoms with Crippen molar-refractivity contribution in [1.29, 1.82) is 0 Å². The van der Waals surface area contributed by atoms with E-state index in [0.29, 0.717) is 5.89 Å². The highest BCUT2D eigenvalue weighted by atomic mass is 79.9. The molecule has 0 bridgehead atoms. The first kappa shape index (κ1) is 16.1. The maximum atomic E-state index is 11.8. The summed E-state index contributed by atoms with van der Waals surface area (Å²) in [6, 6.07) is 3.73. The summed E-state index contributed by atoms with van der Waals surface area (Å²) in [4.78, 5) is 24.0. The Hall–Kier alpha value is -1.78. The SMILES string of the molecule is Cc1csc(=O)n1CC(=O)OCc1nnc(-c2ccc(Br)s2)o1. The van der Waals surface area contributed by atoms with Crippen LogP contribution >= 0.6 is 38.6 Å². The number of thiophene rings is 1. The molecular formula is C13H10BrN3O4S2. The first-order chi connectivity index (χ1) is 11.0. The van der Waals surface area contributed by atoms with E-state index in [9.17, 15) is 9.59 Å². The lowest BCUT2D eigenvalue weighted by Crippen LogP contribution is -2.22. The molecule has 0 aliphatic rings. The van der Waals surface area contributed by atoms with Crippen molar-refractivity contribution in [2.45, 2.75) is 20.1 Å². The molecule has 3 aromatic rings. The third-order valence-corrected chi connectivity index (χ3v) is 5.36. The van der Waals surface area contributed by atoms with Gasteiger partial charge in [-0.3, -0.25) is 14.2 Å². The predicted molar refractivity (Wildman–Crippen MR) is 88.4 cm³/mol. The predicted octanol–water partition coefficient (Wildman–Crippen LogP) is 2.84. The number of halogens is 1. The van der Waals surface area contributed by atoms with E-state index in [-0.39, 0.29) is 23.9 Å². The van der Waals surface area contributed by atoms with E-state index in [4.69, 9.17) is 9.15 Å². The van der Waals surface area contributed by atoms with Crippen molar-refractivity contribution in [3.05, 3.63) is 42.6 Å². The summed E-state index contributed by atoms with van der Waals surface area (Å²) in [7, 11) is 0. The second-order valence-electron chi connectivity index (χ2n) is 4.49. The molecule has 23 heavy (non-hydrogen) atoms. The van der Waals surface area contributed by atoms with Crippen molar-refractivity contribution in [1.82, 2.24) is 14.8 Å². The van der Waals surface area contributed by atoms with Gasteiger partial charge in [0.05, 0.1) is 8.66 Å².